The maximum atomic E-state index is 13.2. The molecule has 0 saturated heterocycles. The number of hydrogen-bond donors (Lipinski definition) is 0. The quantitative estimate of drug-likeness (QED) is 0.374. The second-order valence-corrected chi connectivity index (χ2v) is 8.22. The largest absolute Gasteiger partial charge is 0.417 e. The number of thioether (sulfide) groups is 1. The van der Waals surface area contributed by atoms with E-state index in [1.54, 1.807) is 0 Å². The highest BCUT2D eigenvalue weighted by molar-refractivity contribution is 7.99. The first-order valence-electron chi connectivity index (χ1n) is 9.17. The van der Waals surface area contributed by atoms with E-state index in [4.69, 9.17) is 0 Å². The zero-order valence-corrected chi connectivity index (χ0v) is 16.8. The van der Waals surface area contributed by atoms with Crippen molar-refractivity contribution in [3.8, 4) is 23.0 Å². The average Bonchev–Trinajstić information content (AvgIpc) is 3.45. The van der Waals surface area contributed by atoms with Gasteiger partial charge in [-0.15, -0.1) is 22.0 Å². The van der Waals surface area contributed by atoms with Crippen LogP contribution in [-0.2, 0) is 19.4 Å². The maximum absolute atomic E-state index is 13.2. The lowest BCUT2D eigenvalue weighted by Crippen LogP contribution is -2.08. The van der Waals surface area contributed by atoms with Crippen LogP contribution in [0.3, 0.4) is 0 Å². The first kappa shape index (κ1) is 21.6. The number of alkyl halides is 6. The SMILES string of the molecule is Cn1c(-c2cc(C(F)(F)F)ccn2)nnc1-c1ncc(C(F)(F)F)cc1SCC1CC1. The van der Waals surface area contributed by atoms with Crippen molar-refractivity contribution in [1.29, 1.82) is 0 Å². The van der Waals surface area contributed by atoms with Gasteiger partial charge in [0.15, 0.2) is 11.6 Å². The van der Waals surface area contributed by atoms with Crippen LogP contribution in [0, 0.1) is 5.92 Å². The van der Waals surface area contributed by atoms with Gasteiger partial charge in [-0.2, -0.15) is 26.3 Å². The summed E-state index contributed by atoms with van der Waals surface area (Å²) in [5, 5.41) is 7.90. The highest BCUT2D eigenvalue weighted by Gasteiger charge is 2.34. The molecule has 1 aliphatic rings. The predicted octanol–water partition coefficient (Wildman–Crippen LogP) is 5.48. The first-order valence-corrected chi connectivity index (χ1v) is 10.2. The lowest BCUT2D eigenvalue weighted by Gasteiger charge is -2.12. The van der Waals surface area contributed by atoms with E-state index in [2.05, 4.69) is 20.2 Å². The van der Waals surface area contributed by atoms with Gasteiger partial charge in [0.05, 0.1) is 11.1 Å². The molecule has 3 aromatic heterocycles. The van der Waals surface area contributed by atoms with Gasteiger partial charge < -0.3 is 4.57 Å². The Balaban J connectivity index is 1.74. The lowest BCUT2D eigenvalue weighted by molar-refractivity contribution is -0.138. The van der Waals surface area contributed by atoms with Crippen LogP contribution >= 0.6 is 11.8 Å². The second kappa shape index (κ2) is 7.81. The van der Waals surface area contributed by atoms with E-state index in [0.29, 0.717) is 22.8 Å². The summed E-state index contributed by atoms with van der Waals surface area (Å²) >= 11 is 1.25. The van der Waals surface area contributed by atoms with E-state index in [1.165, 1.54) is 23.4 Å². The lowest BCUT2D eigenvalue weighted by atomic mass is 10.2. The van der Waals surface area contributed by atoms with E-state index < -0.39 is 23.5 Å². The molecule has 3 heterocycles. The molecule has 0 N–H and O–H groups in total. The monoisotopic (exact) mass is 459 g/mol. The summed E-state index contributed by atoms with van der Waals surface area (Å²) in [6, 6.07) is 2.70. The topological polar surface area (TPSA) is 56.5 Å². The highest BCUT2D eigenvalue weighted by Crippen LogP contribution is 2.40. The molecule has 3 aromatic rings. The van der Waals surface area contributed by atoms with Crippen LogP contribution in [-0.4, -0.2) is 30.5 Å². The van der Waals surface area contributed by atoms with E-state index >= 15 is 0 Å². The molecule has 5 nitrogen and oxygen atoms in total. The van der Waals surface area contributed by atoms with Crippen LogP contribution in [0.15, 0.2) is 35.5 Å². The summed E-state index contributed by atoms with van der Waals surface area (Å²) in [6.45, 7) is 0. The van der Waals surface area contributed by atoms with Gasteiger partial charge in [-0.25, -0.2) is 0 Å². The number of rotatable bonds is 5. The van der Waals surface area contributed by atoms with Crippen LogP contribution in [0.2, 0.25) is 0 Å². The van der Waals surface area contributed by atoms with Crippen molar-refractivity contribution in [1.82, 2.24) is 24.7 Å². The minimum atomic E-state index is -4.55. The fraction of sp³-hybridized carbons (Fsp3) is 0.368. The number of halogens is 6. The van der Waals surface area contributed by atoms with Gasteiger partial charge in [0.1, 0.15) is 11.4 Å². The minimum absolute atomic E-state index is 0.0425. The third-order valence-electron chi connectivity index (χ3n) is 4.75. The number of aromatic nitrogens is 5. The van der Waals surface area contributed by atoms with Crippen molar-refractivity contribution in [2.45, 2.75) is 30.1 Å². The second-order valence-electron chi connectivity index (χ2n) is 7.16. The molecule has 0 radical (unpaired) electrons. The van der Waals surface area contributed by atoms with Crippen molar-refractivity contribution >= 4 is 11.8 Å². The zero-order chi connectivity index (χ0) is 22.4. The normalized spacial score (nSPS) is 14.8. The van der Waals surface area contributed by atoms with E-state index in [0.717, 1.165) is 37.2 Å². The van der Waals surface area contributed by atoms with Crippen molar-refractivity contribution in [2.75, 3.05) is 5.75 Å². The molecule has 0 bridgehead atoms. The molecule has 0 amide bonds. The van der Waals surface area contributed by atoms with Gasteiger partial charge in [0.25, 0.3) is 0 Å². The highest BCUT2D eigenvalue weighted by atomic mass is 32.2. The summed E-state index contributed by atoms with van der Waals surface area (Å²) in [4.78, 5) is 8.20. The molecule has 1 saturated carbocycles. The van der Waals surface area contributed by atoms with E-state index in [9.17, 15) is 26.3 Å². The summed E-state index contributed by atoms with van der Waals surface area (Å²) in [6.07, 6.45) is -5.31. The number of pyridine rings is 2. The predicted molar refractivity (Wildman–Crippen MR) is 101 cm³/mol. The Morgan fingerprint density at radius 2 is 1.65 bits per heavy atom. The smallest absolute Gasteiger partial charge is 0.307 e. The number of nitrogens with zero attached hydrogens (tertiary/aromatic N) is 5. The van der Waals surface area contributed by atoms with Gasteiger partial charge in [0.2, 0.25) is 0 Å². The van der Waals surface area contributed by atoms with E-state index in [-0.39, 0.29) is 23.0 Å². The Kier molecular flexibility index (Phi) is 5.44. The summed E-state index contributed by atoms with van der Waals surface area (Å²) in [5.41, 5.74) is -1.64. The zero-order valence-electron chi connectivity index (χ0n) is 16.0. The molecule has 1 aliphatic carbocycles. The van der Waals surface area contributed by atoms with E-state index in [1.807, 2.05) is 0 Å². The Bertz CT molecular complexity index is 1100. The van der Waals surface area contributed by atoms with Crippen molar-refractivity contribution in [3.63, 3.8) is 0 Å². The summed E-state index contributed by atoms with van der Waals surface area (Å²) in [7, 11) is 1.50. The van der Waals surface area contributed by atoms with Gasteiger partial charge in [-0.1, -0.05) is 0 Å². The fourth-order valence-electron chi connectivity index (χ4n) is 2.86. The van der Waals surface area contributed by atoms with Crippen LogP contribution in [0.1, 0.15) is 24.0 Å². The molecular weight excluding hydrogens is 444 g/mol. The molecule has 1 fully saturated rings. The van der Waals surface area contributed by atoms with Crippen molar-refractivity contribution in [3.05, 3.63) is 41.7 Å². The number of hydrogen-bond acceptors (Lipinski definition) is 5. The molecule has 12 heteroatoms. The molecule has 31 heavy (non-hydrogen) atoms. The standard InChI is InChI=1S/C19H15F6N5S/c1-30-16(13-6-11(4-5-26-13)18(20,21)22)28-29-17(30)15-14(31-9-10-2-3-10)7-12(8-27-15)19(23,24)25/h4-8,10H,2-3,9H2,1H3. The van der Waals surface area contributed by atoms with Crippen LogP contribution < -0.4 is 0 Å². The van der Waals surface area contributed by atoms with Crippen molar-refractivity contribution in [2.24, 2.45) is 13.0 Å². The third-order valence-corrected chi connectivity index (χ3v) is 6.01. The summed E-state index contributed by atoms with van der Waals surface area (Å²) < 4.78 is 79.9. The van der Waals surface area contributed by atoms with Gasteiger partial charge in [0, 0.05) is 30.1 Å². The van der Waals surface area contributed by atoms with Gasteiger partial charge >= 0.3 is 12.4 Å². The molecule has 0 atom stereocenters. The van der Waals surface area contributed by atoms with Crippen LogP contribution in [0.4, 0.5) is 26.3 Å². The minimum Gasteiger partial charge on any atom is -0.307 e. The Morgan fingerprint density at radius 1 is 0.968 bits per heavy atom. The molecule has 0 aromatic carbocycles. The first-order chi connectivity index (χ1) is 14.5. The Hall–Kier alpha value is -2.63. The van der Waals surface area contributed by atoms with Crippen LogP contribution in [0.25, 0.3) is 23.0 Å². The third kappa shape index (κ3) is 4.68. The molecule has 0 spiro atoms. The molecule has 0 unspecified atom stereocenters. The Morgan fingerprint density at radius 3 is 2.29 bits per heavy atom. The van der Waals surface area contributed by atoms with Gasteiger partial charge in [-0.05, 0) is 37.0 Å². The Labute approximate surface area is 176 Å². The average molecular weight is 459 g/mol. The molecule has 4 rings (SSSR count). The van der Waals surface area contributed by atoms with Gasteiger partial charge in [-0.3, -0.25) is 9.97 Å². The van der Waals surface area contributed by atoms with Crippen molar-refractivity contribution < 1.29 is 26.3 Å². The molecule has 164 valence electrons. The molecular formula is C19H15F6N5S. The summed E-state index contributed by atoms with van der Waals surface area (Å²) in [5.74, 6) is 1.29. The fourth-order valence-corrected chi connectivity index (χ4v) is 4.10. The maximum Gasteiger partial charge on any atom is 0.417 e. The molecule has 0 aliphatic heterocycles. The van der Waals surface area contributed by atoms with Crippen LogP contribution in [0.5, 0.6) is 0 Å².